The second kappa shape index (κ2) is 7.87. The number of benzene rings is 2. The summed E-state index contributed by atoms with van der Waals surface area (Å²) in [5.41, 5.74) is 4.47. The molecule has 4 rings (SSSR count). The van der Waals surface area contributed by atoms with Crippen LogP contribution >= 0.6 is 0 Å². The van der Waals surface area contributed by atoms with E-state index in [-0.39, 0.29) is 38.2 Å². The number of amides is 2. The molecule has 2 aromatic carbocycles. The van der Waals surface area contributed by atoms with Gasteiger partial charge in [0.15, 0.2) is 0 Å². The van der Waals surface area contributed by atoms with Gasteiger partial charge in [0.05, 0.1) is 12.8 Å². The third-order valence-corrected chi connectivity index (χ3v) is 5.11. The van der Waals surface area contributed by atoms with E-state index < -0.39 is 23.8 Å². The molecule has 0 unspecified atom stereocenters. The van der Waals surface area contributed by atoms with Crippen LogP contribution < -0.4 is 0 Å². The first kappa shape index (κ1) is 18.9. The Balaban J connectivity index is 1.32. The molecule has 7 nitrogen and oxygen atoms in total. The van der Waals surface area contributed by atoms with Gasteiger partial charge in [0.1, 0.15) is 6.61 Å². The topological polar surface area (TPSA) is 90.0 Å². The van der Waals surface area contributed by atoms with Crippen molar-refractivity contribution in [1.29, 1.82) is 0 Å². The first-order chi connectivity index (χ1) is 14.0. The van der Waals surface area contributed by atoms with Gasteiger partial charge in [0.25, 0.3) is 11.8 Å². The molecule has 148 valence electrons. The number of rotatable bonds is 6. The van der Waals surface area contributed by atoms with Crippen molar-refractivity contribution in [2.45, 2.75) is 31.6 Å². The fourth-order valence-corrected chi connectivity index (χ4v) is 3.70. The third-order valence-electron chi connectivity index (χ3n) is 5.11. The van der Waals surface area contributed by atoms with Gasteiger partial charge < -0.3 is 9.57 Å². The van der Waals surface area contributed by atoms with Gasteiger partial charge in [-0.05, 0) is 22.3 Å². The van der Waals surface area contributed by atoms with E-state index in [1.165, 1.54) is 0 Å². The normalized spacial score (nSPS) is 15.2. The molecule has 0 spiro atoms. The summed E-state index contributed by atoms with van der Waals surface area (Å²) in [4.78, 5) is 51.6. The average molecular weight is 393 g/mol. The number of hydroxylamine groups is 2. The lowest BCUT2D eigenvalue weighted by atomic mass is 9.98. The van der Waals surface area contributed by atoms with Crippen molar-refractivity contribution in [3.05, 3.63) is 59.7 Å². The standard InChI is InChI=1S/C22H19NO6/c24-19-9-10-20(25)23(19)29-22(27)12-11-21(26)28-13-18-16-7-3-1-5-14(16)15-6-2-4-8-17(15)18/h1-8,18H,9-13H2. The van der Waals surface area contributed by atoms with Crippen molar-refractivity contribution in [1.82, 2.24) is 5.06 Å². The number of ether oxygens (including phenoxy) is 1. The monoisotopic (exact) mass is 393 g/mol. The number of carbonyl (C=O) groups is 4. The van der Waals surface area contributed by atoms with Crippen molar-refractivity contribution < 1.29 is 28.8 Å². The van der Waals surface area contributed by atoms with Gasteiger partial charge in [0.2, 0.25) is 0 Å². The van der Waals surface area contributed by atoms with E-state index in [1.54, 1.807) is 0 Å². The molecule has 29 heavy (non-hydrogen) atoms. The lowest BCUT2D eigenvalue weighted by Gasteiger charge is -2.14. The summed E-state index contributed by atoms with van der Waals surface area (Å²) in [7, 11) is 0. The largest absolute Gasteiger partial charge is 0.465 e. The highest BCUT2D eigenvalue weighted by atomic mass is 16.7. The smallest absolute Gasteiger partial charge is 0.333 e. The molecular weight excluding hydrogens is 374 g/mol. The molecule has 1 heterocycles. The molecule has 0 atom stereocenters. The second-order valence-electron chi connectivity index (χ2n) is 6.96. The number of carbonyl (C=O) groups excluding carboxylic acids is 4. The Hall–Kier alpha value is -3.48. The number of esters is 1. The molecule has 0 radical (unpaired) electrons. The van der Waals surface area contributed by atoms with Crippen molar-refractivity contribution in [2.24, 2.45) is 0 Å². The van der Waals surface area contributed by atoms with Gasteiger partial charge in [-0.1, -0.05) is 48.5 Å². The first-order valence-electron chi connectivity index (χ1n) is 9.45. The summed E-state index contributed by atoms with van der Waals surface area (Å²) in [6.45, 7) is 0.172. The Bertz CT molecular complexity index is 937. The lowest BCUT2D eigenvalue weighted by molar-refractivity contribution is -0.197. The maximum absolute atomic E-state index is 12.1. The highest BCUT2D eigenvalue weighted by molar-refractivity contribution is 6.01. The summed E-state index contributed by atoms with van der Waals surface area (Å²) in [6, 6.07) is 16.0. The lowest BCUT2D eigenvalue weighted by Crippen LogP contribution is -2.32. The quantitative estimate of drug-likeness (QED) is 0.554. The molecule has 0 saturated carbocycles. The number of imide groups is 1. The fourth-order valence-electron chi connectivity index (χ4n) is 3.70. The third kappa shape index (κ3) is 3.76. The van der Waals surface area contributed by atoms with Crippen LogP contribution in [0.5, 0.6) is 0 Å². The van der Waals surface area contributed by atoms with Gasteiger partial charge in [-0.15, -0.1) is 5.06 Å². The SMILES string of the molecule is O=C(CCC(=O)ON1C(=O)CCC1=O)OCC1c2ccccc2-c2ccccc21. The van der Waals surface area contributed by atoms with E-state index >= 15 is 0 Å². The molecule has 2 aromatic rings. The Labute approximate surface area is 167 Å². The highest BCUT2D eigenvalue weighted by Gasteiger charge is 2.33. The van der Waals surface area contributed by atoms with E-state index in [0.717, 1.165) is 22.3 Å². The number of hydrogen-bond donors (Lipinski definition) is 0. The molecule has 0 N–H and O–H groups in total. The van der Waals surface area contributed by atoms with Crippen LogP contribution in [0.4, 0.5) is 0 Å². The minimum Gasteiger partial charge on any atom is -0.465 e. The first-order valence-corrected chi connectivity index (χ1v) is 9.45. The predicted molar refractivity (Wildman–Crippen MR) is 101 cm³/mol. The molecule has 2 amide bonds. The summed E-state index contributed by atoms with van der Waals surface area (Å²) >= 11 is 0. The molecule has 0 bridgehead atoms. The van der Waals surface area contributed by atoms with Crippen LogP contribution in [-0.4, -0.2) is 35.4 Å². The van der Waals surface area contributed by atoms with Gasteiger partial charge in [-0.2, -0.15) is 0 Å². The summed E-state index contributed by atoms with van der Waals surface area (Å²) in [5.74, 6) is -2.52. The van der Waals surface area contributed by atoms with Crippen molar-refractivity contribution >= 4 is 23.8 Å². The zero-order valence-corrected chi connectivity index (χ0v) is 15.6. The zero-order chi connectivity index (χ0) is 20.4. The Morgan fingerprint density at radius 1 is 0.828 bits per heavy atom. The summed E-state index contributed by atoms with van der Waals surface area (Å²) < 4.78 is 5.41. The van der Waals surface area contributed by atoms with E-state index in [2.05, 4.69) is 0 Å². The van der Waals surface area contributed by atoms with Crippen LogP contribution in [0.1, 0.15) is 42.7 Å². The molecular formula is C22H19NO6. The maximum Gasteiger partial charge on any atom is 0.333 e. The maximum atomic E-state index is 12.1. The van der Waals surface area contributed by atoms with Crippen molar-refractivity contribution in [3.63, 3.8) is 0 Å². The fraction of sp³-hybridized carbons (Fsp3) is 0.273. The van der Waals surface area contributed by atoms with E-state index in [0.29, 0.717) is 5.06 Å². The van der Waals surface area contributed by atoms with Crippen molar-refractivity contribution in [3.8, 4) is 11.1 Å². The molecule has 1 fully saturated rings. The molecule has 7 heteroatoms. The van der Waals surface area contributed by atoms with Crippen LogP contribution in [0, 0.1) is 0 Å². The molecule has 0 aromatic heterocycles. The van der Waals surface area contributed by atoms with Crippen LogP contribution in [0.25, 0.3) is 11.1 Å². The summed E-state index contributed by atoms with van der Waals surface area (Å²) in [6.07, 6.45) is -0.407. The van der Waals surface area contributed by atoms with E-state index in [9.17, 15) is 19.2 Å². The highest BCUT2D eigenvalue weighted by Crippen LogP contribution is 2.44. The van der Waals surface area contributed by atoms with Crippen LogP contribution in [-0.2, 0) is 28.8 Å². The predicted octanol–water partition coefficient (Wildman–Crippen LogP) is 2.73. The Kier molecular flexibility index (Phi) is 5.12. The Morgan fingerprint density at radius 3 is 1.93 bits per heavy atom. The van der Waals surface area contributed by atoms with E-state index in [4.69, 9.17) is 9.57 Å². The van der Waals surface area contributed by atoms with Gasteiger partial charge in [-0.3, -0.25) is 14.4 Å². The molecule has 1 aliphatic heterocycles. The zero-order valence-electron chi connectivity index (χ0n) is 15.6. The van der Waals surface area contributed by atoms with Crippen LogP contribution in [0.15, 0.2) is 48.5 Å². The van der Waals surface area contributed by atoms with Gasteiger partial charge in [-0.25, -0.2) is 4.79 Å². The number of hydrogen-bond acceptors (Lipinski definition) is 6. The van der Waals surface area contributed by atoms with Crippen LogP contribution in [0.3, 0.4) is 0 Å². The van der Waals surface area contributed by atoms with Gasteiger partial charge >= 0.3 is 11.9 Å². The Morgan fingerprint density at radius 2 is 1.34 bits per heavy atom. The number of nitrogens with zero attached hydrogens (tertiary/aromatic N) is 1. The molecule has 1 aliphatic carbocycles. The molecule has 1 saturated heterocycles. The molecule has 2 aliphatic rings. The average Bonchev–Trinajstić information content (AvgIpc) is 3.22. The van der Waals surface area contributed by atoms with E-state index in [1.807, 2.05) is 48.5 Å². The van der Waals surface area contributed by atoms with Crippen LogP contribution in [0.2, 0.25) is 0 Å². The summed E-state index contributed by atoms with van der Waals surface area (Å²) in [5, 5.41) is 0.472. The minimum atomic E-state index is -0.817. The minimum absolute atomic E-state index is 0.0263. The second-order valence-corrected chi connectivity index (χ2v) is 6.96. The van der Waals surface area contributed by atoms with Crippen molar-refractivity contribution in [2.75, 3.05) is 6.61 Å². The van der Waals surface area contributed by atoms with Gasteiger partial charge in [0, 0.05) is 18.8 Å². The number of fused-ring (bicyclic) bond motifs is 3.